The fourth-order valence-corrected chi connectivity index (χ4v) is 2.81. The molecule has 6 heteroatoms. The molecule has 1 fully saturated rings. The Hall–Kier alpha value is -0.520. The number of halogens is 1. The van der Waals surface area contributed by atoms with Crippen molar-refractivity contribution in [1.29, 1.82) is 0 Å². The number of nitrogens with zero attached hydrogens (tertiary/aromatic N) is 3. The molecule has 1 atom stereocenters. The maximum absolute atomic E-state index is 6.05. The molecule has 0 radical (unpaired) electrons. The molecule has 1 aromatic heterocycles. The zero-order chi connectivity index (χ0) is 13.7. The zero-order valence-electron chi connectivity index (χ0n) is 11.4. The van der Waals surface area contributed by atoms with Gasteiger partial charge in [-0.05, 0) is 25.5 Å². The first-order chi connectivity index (χ1) is 9.22. The third kappa shape index (κ3) is 4.23. The van der Waals surface area contributed by atoms with Crippen molar-refractivity contribution in [1.82, 2.24) is 9.97 Å². The molecule has 106 valence electrons. The number of anilines is 1. The van der Waals surface area contributed by atoms with Crippen LogP contribution >= 0.6 is 23.4 Å². The predicted molar refractivity (Wildman–Crippen MR) is 80.3 cm³/mol. The molecule has 1 aromatic rings. The fraction of sp³-hybridized carbons (Fsp3) is 0.692. The molecule has 1 unspecified atom stereocenters. The Morgan fingerprint density at radius 1 is 1.53 bits per heavy atom. The SMILES string of the molecule is CCCOC1CCCN(c2cc(Cl)nc(SC)n2)C1. The van der Waals surface area contributed by atoms with Gasteiger partial charge in [-0.1, -0.05) is 30.3 Å². The van der Waals surface area contributed by atoms with Crippen LogP contribution in [0.5, 0.6) is 0 Å². The van der Waals surface area contributed by atoms with Gasteiger partial charge in [-0.25, -0.2) is 9.97 Å². The molecule has 2 rings (SSSR count). The van der Waals surface area contributed by atoms with E-state index in [1.165, 1.54) is 11.8 Å². The van der Waals surface area contributed by atoms with Crippen molar-refractivity contribution in [3.05, 3.63) is 11.2 Å². The quantitative estimate of drug-likeness (QED) is 0.474. The van der Waals surface area contributed by atoms with Crippen molar-refractivity contribution in [3.8, 4) is 0 Å². The molecule has 1 aliphatic heterocycles. The van der Waals surface area contributed by atoms with E-state index in [1.807, 2.05) is 12.3 Å². The smallest absolute Gasteiger partial charge is 0.190 e. The largest absolute Gasteiger partial charge is 0.376 e. The van der Waals surface area contributed by atoms with Crippen molar-refractivity contribution < 1.29 is 4.74 Å². The molecule has 0 saturated carbocycles. The Bertz CT molecular complexity index is 419. The van der Waals surface area contributed by atoms with Crippen LogP contribution in [0, 0.1) is 0 Å². The Kier molecular flexibility index (Phi) is 5.73. The second-order valence-corrected chi connectivity index (χ2v) is 5.78. The van der Waals surface area contributed by atoms with E-state index in [0.717, 1.165) is 49.9 Å². The van der Waals surface area contributed by atoms with Gasteiger partial charge in [0.1, 0.15) is 11.0 Å². The monoisotopic (exact) mass is 301 g/mol. The highest BCUT2D eigenvalue weighted by Gasteiger charge is 2.22. The topological polar surface area (TPSA) is 38.2 Å². The summed E-state index contributed by atoms with van der Waals surface area (Å²) in [5.41, 5.74) is 0. The van der Waals surface area contributed by atoms with Gasteiger partial charge in [0.2, 0.25) is 0 Å². The molecule has 1 aliphatic rings. The third-order valence-electron chi connectivity index (χ3n) is 3.10. The number of ether oxygens (including phenoxy) is 1. The summed E-state index contributed by atoms with van der Waals surface area (Å²) in [4.78, 5) is 11.0. The summed E-state index contributed by atoms with van der Waals surface area (Å²) in [5, 5.41) is 1.23. The second-order valence-electron chi connectivity index (χ2n) is 4.62. The minimum Gasteiger partial charge on any atom is -0.376 e. The van der Waals surface area contributed by atoms with Gasteiger partial charge in [0.05, 0.1) is 6.10 Å². The Balaban J connectivity index is 2.06. The molecule has 4 nitrogen and oxygen atoms in total. The van der Waals surface area contributed by atoms with E-state index in [9.17, 15) is 0 Å². The van der Waals surface area contributed by atoms with Crippen LogP contribution in [0.4, 0.5) is 5.82 Å². The van der Waals surface area contributed by atoms with Crippen molar-refractivity contribution in [3.63, 3.8) is 0 Å². The number of rotatable bonds is 5. The summed E-state index contributed by atoms with van der Waals surface area (Å²) < 4.78 is 5.85. The van der Waals surface area contributed by atoms with Gasteiger partial charge in [-0.3, -0.25) is 0 Å². The van der Waals surface area contributed by atoms with Gasteiger partial charge in [0.25, 0.3) is 0 Å². The average Bonchev–Trinajstić information content (AvgIpc) is 2.44. The average molecular weight is 302 g/mol. The third-order valence-corrected chi connectivity index (χ3v) is 3.84. The predicted octanol–water partition coefficient (Wildman–Crippen LogP) is 3.25. The summed E-state index contributed by atoms with van der Waals surface area (Å²) >= 11 is 7.56. The van der Waals surface area contributed by atoms with Crippen LogP contribution in [-0.4, -0.2) is 42.0 Å². The fourth-order valence-electron chi connectivity index (χ4n) is 2.21. The molecule has 0 amide bonds. The Morgan fingerprint density at radius 3 is 3.11 bits per heavy atom. The first-order valence-corrected chi connectivity index (χ1v) is 8.28. The summed E-state index contributed by atoms with van der Waals surface area (Å²) in [6.07, 6.45) is 5.58. The van der Waals surface area contributed by atoms with Gasteiger partial charge in [0, 0.05) is 25.8 Å². The van der Waals surface area contributed by atoms with Crippen LogP contribution < -0.4 is 4.90 Å². The van der Waals surface area contributed by atoms with E-state index in [0.29, 0.717) is 11.3 Å². The van der Waals surface area contributed by atoms with Crippen LogP contribution in [-0.2, 0) is 4.74 Å². The second kappa shape index (κ2) is 7.31. The zero-order valence-corrected chi connectivity index (χ0v) is 13.0. The van der Waals surface area contributed by atoms with E-state index in [4.69, 9.17) is 16.3 Å². The molecule has 0 aromatic carbocycles. The molecule has 0 bridgehead atoms. The molecule has 0 N–H and O–H groups in total. The maximum atomic E-state index is 6.05. The summed E-state index contributed by atoms with van der Waals surface area (Å²) in [6, 6.07) is 1.84. The first-order valence-electron chi connectivity index (χ1n) is 6.68. The number of hydrogen-bond acceptors (Lipinski definition) is 5. The lowest BCUT2D eigenvalue weighted by atomic mass is 10.1. The first kappa shape index (κ1) is 14.9. The van der Waals surface area contributed by atoms with E-state index in [-0.39, 0.29) is 0 Å². The normalized spacial score (nSPS) is 19.7. The standard InChI is InChI=1S/C13H20ClN3OS/c1-3-7-18-10-5-4-6-17(9-10)12-8-11(14)15-13(16-12)19-2/h8,10H,3-7,9H2,1-2H3. The van der Waals surface area contributed by atoms with E-state index < -0.39 is 0 Å². The summed E-state index contributed by atoms with van der Waals surface area (Å²) in [7, 11) is 0. The molecule has 0 aliphatic carbocycles. The lowest BCUT2D eigenvalue weighted by Crippen LogP contribution is -2.40. The number of aromatic nitrogens is 2. The number of hydrogen-bond donors (Lipinski definition) is 0. The van der Waals surface area contributed by atoms with E-state index in [2.05, 4.69) is 21.8 Å². The van der Waals surface area contributed by atoms with Gasteiger partial charge in [-0.2, -0.15) is 0 Å². The molecule has 1 saturated heterocycles. The number of piperidine rings is 1. The van der Waals surface area contributed by atoms with Crippen LogP contribution in [0.15, 0.2) is 11.2 Å². The van der Waals surface area contributed by atoms with E-state index in [1.54, 1.807) is 0 Å². The van der Waals surface area contributed by atoms with Crippen molar-refractivity contribution in [2.45, 2.75) is 37.4 Å². The number of thioether (sulfide) groups is 1. The van der Waals surface area contributed by atoms with Crippen LogP contribution in [0.3, 0.4) is 0 Å². The maximum Gasteiger partial charge on any atom is 0.190 e. The van der Waals surface area contributed by atoms with Gasteiger partial charge in [0.15, 0.2) is 5.16 Å². The highest BCUT2D eigenvalue weighted by molar-refractivity contribution is 7.98. The van der Waals surface area contributed by atoms with Gasteiger partial charge < -0.3 is 9.64 Å². The summed E-state index contributed by atoms with van der Waals surface area (Å²) in [6.45, 7) is 4.86. The minimum absolute atomic E-state index is 0.306. The molecular formula is C13H20ClN3OS. The van der Waals surface area contributed by atoms with Crippen molar-refractivity contribution in [2.24, 2.45) is 0 Å². The molecule has 19 heavy (non-hydrogen) atoms. The van der Waals surface area contributed by atoms with Crippen molar-refractivity contribution >= 4 is 29.2 Å². The Labute approximate surface area is 123 Å². The Morgan fingerprint density at radius 2 is 2.37 bits per heavy atom. The highest BCUT2D eigenvalue weighted by atomic mass is 35.5. The highest BCUT2D eigenvalue weighted by Crippen LogP contribution is 2.24. The van der Waals surface area contributed by atoms with Gasteiger partial charge in [-0.15, -0.1) is 0 Å². The molecule has 2 heterocycles. The minimum atomic E-state index is 0.306. The molecular weight excluding hydrogens is 282 g/mol. The van der Waals surface area contributed by atoms with Crippen LogP contribution in [0.25, 0.3) is 0 Å². The molecule has 0 spiro atoms. The lowest BCUT2D eigenvalue weighted by molar-refractivity contribution is 0.0439. The van der Waals surface area contributed by atoms with Crippen LogP contribution in [0.2, 0.25) is 5.15 Å². The lowest BCUT2D eigenvalue weighted by Gasteiger charge is -2.33. The summed E-state index contributed by atoms with van der Waals surface area (Å²) in [5.74, 6) is 0.911. The van der Waals surface area contributed by atoms with Gasteiger partial charge >= 0.3 is 0 Å². The van der Waals surface area contributed by atoms with Crippen molar-refractivity contribution in [2.75, 3.05) is 30.9 Å². The van der Waals surface area contributed by atoms with E-state index >= 15 is 0 Å². The van der Waals surface area contributed by atoms with Crippen LogP contribution in [0.1, 0.15) is 26.2 Å².